The van der Waals surface area contributed by atoms with Crippen molar-refractivity contribution in [2.45, 2.75) is 6.54 Å². The third-order valence-electron chi connectivity index (χ3n) is 4.37. The molecule has 6 heteroatoms. The maximum absolute atomic E-state index is 14.1. The molecule has 4 aromatic rings. The summed E-state index contributed by atoms with van der Waals surface area (Å²) in [6, 6.07) is 15.1. The Morgan fingerprint density at radius 2 is 1.67 bits per heavy atom. The van der Waals surface area contributed by atoms with Crippen LogP contribution >= 0.6 is 0 Å². The van der Waals surface area contributed by atoms with E-state index in [4.69, 9.17) is 0 Å². The summed E-state index contributed by atoms with van der Waals surface area (Å²) >= 11 is 0. The molecule has 27 heavy (non-hydrogen) atoms. The van der Waals surface area contributed by atoms with Crippen LogP contribution in [-0.4, -0.2) is 10.9 Å². The van der Waals surface area contributed by atoms with Crippen LogP contribution in [0.2, 0.25) is 0 Å². The number of benzene rings is 3. The number of hydrogen-bond donors (Lipinski definition) is 2. The predicted molar refractivity (Wildman–Crippen MR) is 99.6 cm³/mol. The highest BCUT2D eigenvalue weighted by Gasteiger charge is 2.16. The van der Waals surface area contributed by atoms with Gasteiger partial charge in [-0.05, 0) is 35.9 Å². The Morgan fingerprint density at radius 3 is 2.44 bits per heavy atom. The molecule has 134 valence electrons. The molecule has 0 saturated carbocycles. The maximum Gasteiger partial charge on any atom is 0.253 e. The van der Waals surface area contributed by atoms with E-state index in [1.54, 1.807) is 0 Å². The molecule has 1 heterocycles. The molecule has 1 aromatic heterocycles. The van der Waals surface area contributed by atoms with Gasteiger partial charge in [0.25, 0.3) is 5.91 Å². The van der Waals surface area contributed by atoms with Crippen molar-refractivity contribution in [2.75, 3.05) is 0 Å². The Bertz CT molecular complexity index is 1230. The van der Waals surface area contributed by atoms with Gasteiger partial charge in [0.15, 0.2) is 5.43 Å². The van der Waals surface area contributed by atoms with Gasteiger partial charge >= 0.3 is 0 Å². The van der Waals surface area contributed by atoms with Crippen LogP contribution in [0, 0.1) is 11.6 Å². The van der Waals surface area contributed by atoms with Crippen LogP contribution in [0.15, 0.2) is 65.5 Å². The molecule has 0 aliphatic heterocycles. The molecule has 0 saturated heterocycles. The second-order valence-electron chi connectivity index (χ2n) is 6.19. The lowest BCUT2D eigenvalue weighted by molar-refractivity contribution is 0.0952. The number of carbonyl (C=O) groups excluding carboxylic acids is 1. The molecule has 3 aromatic carbocycles. The van der Waals surface area contributed by atoms with Gasteiger partial charge in [0.1, 0.15) is 11.6 Å². The SMILES string of the molecule is O=C(NCc1ccccc1)c1cc(F)cc2c(=O)c3cc(F)ccc3[nH]c12. The Balaban J connectivity index is 1.82. The van der Waals surface area contributed by atoms with Gasteiger partial charge in [-0.2, -0.15) is 0 Å². The van der Waals surface area contributed by atoms with Crippen LogP contribution in [0.25, 0.3) is 21.8 Å². The van der Waals surface area contributed by atoms with Crippen LogP contribution in [0.4, 0.5) is 8.78 Å². The number of hydrogen-bond acceptors (Lipinski definition) is 2. The Kier molecular flexibility index (Phi) is 4.16. The van der Waals surface area contributed by atoms with Gasteiger partial charge in [-0.15, -0.1) is 0 Å². The van der Waals surface area contributed by atoms with E-state index < -0.39 is 23.0 Å². The third-order valence-corrected chi connectivity index (χ3v) is 4.37. The fourth-order valence-electron chi connectivity index (χ4n) is 3.07. The van der Waals surface area contributed by atoms with Gasteiger partial charge in [-0.25, -0.2) is 8.78 Å². The average Bonchev–Trinajstić information content (AvgIpc) is 2.68. The molecule has 0 atom stereocenters. The number of rotatable bonds is 3. The van der Waals surface area contributed by atoms with Crippen molar-refractivity contribution in [3.63, 3.8) is 0 Å². The number of H-pyrrole nitrogens is 1. The zero-order valence-electron chi connectivity index (χ0n) is 14.1. The first-order valence-electron chi connectivity index (χ1n) is 8.30. The smallest absolute Gasteiger partial charge is 0.253 e. The second kappa shape index (κ2) is 6.64. The average molecular weight is 364 g/mol. The summed E-state index contributed by atoms with van der Waals surface area (Å²) in [6.07, 6.45) is 0. The second-order valence-corrected chi connectivity index (χ2v) is 6.19. The zero-order chi connectivity index (χ0) is 19.0. The Labute approximate surface area is 152 Å². The van der Waals surface area contributed by atoms with Crippen molar-refractivity contribution >= 4 is 27.7 Å². The minimum atomic E-state index is -0.714. The summed E-state index contributed by atoms with van der Waals surface area (Å²) in [6.45, 7) is 0.265. The molecule has 0 bridgehead atoms. The van der Waals surface area contributed by atoms with E-state index in [0.717, 1.165) is 23.8 Å². The number of pyridine rings is 1. The van der Waals surface area contributed by atoms with Crippen molar-refractivity contribution in [1.29, 1.82) is 0 Å². The van der Waals surface area contributed by atoms with Gasteiger partial charge in [0, 0.05) is 22.8 Å². The van der Waals surface area contributed by atoms with E-state index in [2.05, 4.69) is 10.3 Å². The van der Waals surface area contributed by atoms with Gasteiger partial charge in [0.05, 0.1) is 11.1 Å². The molecule has 1 amide bonds. The van der Waals surface area contributed by atoms with E-state index in [1.165, 1.54) is 12.1 Å². The van der Waals surface area contributed by atoms with Crippen LogP contribution in [-0.2, 0) is 6.54 Å². The lowest BCUT2D eigenvalue weighted by atomic mass is 10.0. The first-order chi connectivity index (χ1) is 13.0. The molecule has 0 spiro atoms. The summed E-state index contributed by atoms with van der Waals surface area (Å²) in [4.78, 5) is 28.2. The molecule has 0 unspecified atom stereocenters. The van der Waals surface area contributed by atoms with E-state index in [9.17, 15) is 18.4 Å². The lowest BCUT2D eigenvalue weighted by Crippen LogP contribution is -2.24. The number of nitrogens with one attached hydrogen (secondary N) is 2. The number of carbonyl (C=O) groups is 1. The highest BCUT2D eigenvalue weighted by molar-refractivity contribution is 6.07. The fourth-order valence-corrected chi connectivity index (χ4v) is 3.07. The van der Waals surface area contributed by atoms with Gasteiger partial charge < -0.3 is 10.3 Å². The molecule has 0 aliphatic carbocycles. The summed E-state index contributed by atoms with van der Waals surface area (Å²) < 4.78 is 27.5. The molecular formula is C21H14F2N2O2. The molecule has 2 N–H and O–H groups in total. The number of fused-ring (bicyclic) bond motifs is 2. The Morgan fingerprint density at radius 1 is 0.926 bits per heavy atom. The largest absolute Gasteiger partial charge is 0.354 e. The summed E-state index contributed by atoms with van der Waals surface area (Å²) in [5.74, 6) is -1.79. The van der Waals surface area contributed by atoms with Gasteiger partial charge in [-0.3, -0.25) is 9.59 Å². The molecule has 4 nitrogen and oxygen atoms in total. The minimum absolute atomic E-state index is 0.00189. The highest BCUT2D eigenvalue weighted by atomic mass is 19.1. The van der Waals surface area contributed by atoms with Gasteiger partial charge in [-0.1, -0.05) is 30.3 Å². The lowest BCUT2D eigenvalue weighted by Gasteiger charge is -2.10. The first-order valence-corrected chi connectivity index (χ1v) is 8.30. The van der Waals surface area contributed by atoms with Crippen LogP contribution in [0.5, 0.6) is 0 Å². The molecule has 0 fully saturated rings. The molecule has 0 aliphatic rings. The topological polar surface area (TPSA) is 62.0 Å². The normalized spacial score (nSPS) is 11.0. The molecule has 0 radical (unpaired) electrons. The number of halogens is 2. The maximum atomic E-state index is 14.1. The number of aromatic nitrogens is 1. The van der Waals surface area contributed by atoms with E-state index >= 15 is 0 Å². The molecular weight excluding hydrogens is 350 g/mol. The van der Waals surface area contributed by atoms with Crippen molar-refractivity contribution in [3.05, 3.63) is 93.6 Å². The monoisotopic (exact) mass is 364 g/mol. The highest BCUT2D eigenvalue weighted by Crippen LogP contribution is 2.21. The van der Waals surface area contributed by atoms with Crippen molar-refractivity contribution < 1.29 is 13.6 Å². The van der Waals surface area contributed by atoms with Crippen LogP contribution < -0.4 is 10.7 Å². The first kappa shape index (κ1) is 16.9. The zero-order valence-corrected chi connectivity index (χ0v) is 14.1. The summed E-state index contributed by atoms with van der Waals surface area (Å²) in [5.41, 5.74) is 0.962. The van der Waals surface area contributed by atoms with Crippen molar-refractivity contribution in [3.8, 4) is 0 Å². The van der Waals surface area contributed by atoms with Crippen LogP contribution in [0.3, 0.4) is 0 Å². The third kappa shape index (κ3) is 3.17. The number of amides is 1. The summed E-state index contributed by atoms with van der Waals surface area (Å²) in [5, 5.41) is 2.82. The standard InChI is InChI=1S/C21H14F2N2O2/c22-13-6-7-18-15(8-13)20(26)16-9-14(23)10-17(19(16)25-18)21(27)24-11-12-4-2-1-3-5-12/h1-10H,11H2,(H,24,27)(H,25,26). The van der Waals surface area contributed by atoms with Gasteiger partial charge in [0.2, 0.25) is 0 Å². The van der Waals surface area contributed by atoms with E-state index in [1.807, 2.05) is 30.3 Å². The molecule has 4 rings (SSSR count). The van der Waals surface area contributed by atoms with Crippen LogP contribution in [0.1, 0.15) is 15.9 Å². The fraction of sp³-hybridized carbons (Fsp3) is 0.0476. The van der Waals surface area contributed by atoms with Crippen molar-refractivity contribution in [1.82, 2.24) is 10.3 Å². The quantitative estimate of drug-likeness (QED) is 0.542. The predicted octanol–water partition coefficient (Wildman–Crippen LogP) is 3.89. The number of aromatic amines is 1. The van der Waals surface area contributed by atoms with E-state index in [-0.39, 0.29) is 28.4 Å². The minimum Gasteiger partial charge on any atom is -0.354 e. The Hall–Kier alpha value is -3.54. The van der Waals surface area contributed by atoms with Crippen molar-refractivity contribution in [2.24, 2.45) is 0 Å². The summed E-state index contributed by atoms with van der Waals surface area (Å²) in [7, 11) is 0. The van der Waals surface area contributed by atoms with E-state index in [0.29, 0.717) is 5.52 Å².